The zero-order valence-corrected chi connectivity index (χ0v) is 9.93. The second-order valence-electron chi connectivity index (χ2n) is 4.63. The summed E-state index contributed by atoms with van der Waals surface area (Å²) in [6.07, 6.45) is 0. The van der Waals surface area contributed by atoms with Gasteiger partial charge in [-0.1, -0.05) is 37.6 Å². The van der Waals surface area contributed by atoms with Crippen molar-refractivity contribution >= 4 is 23.2 Å². The van der Waals surface area contributed by atoms with E-state index in [4.69, 9.17) is 11.6 Å². The molecular formula is C12H14ClNO. The summed E-state index contributed by atoms with van der Waals surface area (Å²) in [5.74, 6) is 0.0509. The Kier molecular flexibility index (Phi) is 2.27. The summed E-state index contributed by atoms with van der Waals surface area (Å²) in [4.78, 5) is 13.3. The van der Waals surface area contributed by atoms with E-state index in [9.17, 15) is 4.79 Å². The van der Waals surface area contributed by atoms with E-state index in [1.54, 1.807) is 11.8 Å². The maximum Gasteiger partial charge on any atom is 0.223 e. The minimum absolute atomic E-state index is 0.00803. The molecule has 0 unspecified atom stereocenters. The molecule has 0 radical (unpaired) electrons. The van der Waals surface area contributed by atoms with Gasteiger partial charge in [0.1, 0.15) is 0 Å². The normalized spacial score (nSPS) is 17.7. The van der Waals surface area contributed by atoms with Gasteiger partial charge in [-0.15, -0.1) is 0 Å². The molecule has 1 heterocycles. The standard InChI is InChI=1S/C12H14ClNO/c1-8(15)14-7-12(2,3)9-5-4-6-10(13)11(9)14/h4-6H,7H2,1-3H3. The van der Waals surface area contributed by atoms with Crippen LogP contribution in [-0.2, 0) is 10.2 Å². The molecule has 1 aromatic rings. The molecule has 0 aromatic heterocycles. The average Bonchev–Trinajstić information content (AvgIpc) is 2.40. The van der Waals surface area contributed by atoms with E-state index in [1.165, 1.54) is 0 Å². The lowest BCUT2D eigenvalue weighted by atomic mass is 9.87. The third-order valence-electron chi connectivity index (χ3n) is 2.92. The fourth-order valence-electron chi connectivity index (χ4n) is 2.16. The number of amides is 1. The van der Waals surface area contributed by atoms with Gasteiger partial charge in [0.15, 0.2) is 0 Å². The van der Waals surface area contributed by atoms with Crippen molar-refractivity contribution in [2.24, 2.45) is 0 Å². The number of nitrogens with zero attached hydrogens (tertiary/aromatic N) is 1. The minimum Gasteiger partial charge on any atom is -0.310 e. The molecular weight excluding hydrogens is 210 g/mol. The van der Waals surface area contributed by atoms with Crippen LogP contribution >= 0.6 is 11.6 Å². The van der Waals surface area contributed by atoms with Crippen molar-refractivity contribution in [1.29, 1.82) is 0 Å². The van der Waals surface area contributed by atoms with Crippen LogP contribution in [0.1, 0.15) is 26.3 Å². The van der Waals surface area contributed by atoms with E-state index in [0.29, 0.717) is 11.6 Å². The summed E-state index contributed by atoms with van der Waals surface area (Å²) in [6, 6.07) is 5.81. The van der Waals surface area contributed by atoms with E-state index in [-0.39, 0.29) is 11.3 Å². The quantitative estimate of drug-likeness (QED) is 0.662. The van der Waals surface area contributed by atoms with Gasteiger partial charge in [0.2, 0.25) is 5.91 Å². The molecule has 1 aliphatic heterocycles. The highest BCUT2D eigenvalue weighted by Gasteiger charge is 2.37. The summed E-state index contributed by atoms with van der Waals surface area (Å²) in [6.45, 7) is 6.55. The lowest BCUT2D eigenvalue weighted by Gasteiger charge is -2.19. The Morgan fingerprint density at radius 3 is 2.73 bits per heavy atom. The molecule has 0 N–H and O–H groups in total. The molecule has 0 saturated heterocycles. The molecule has 2 rings (SSSR count). The van der Waals surface area contributed by atoms with Crippen molar-refractivity contribution in [2.75, 3.05) is 11.4 Å². The van der Waals surface area contributed by atoms with Gasteiger partial charge in [0, 0.05) is 18.9 Å². The van der Waals surface area contributed by atoms with Gasteiger partial charge in [-0.05, 0) is 11.6 Å². The molecule has 0 aliphatic carbocycles. The van der Waals surface area contributed by atoms with Gasteiger partial charge in [-0.3, -0.25) is 4.79 Å². The summed E-state index contributed by atoms with van der Waals surface area (Å²) in [5.41, 5.74) is 2.04. The molecule has 0 fully saturated rings. The molecule has 2 nitrogen and oxygen atoms in total. The summed E-state index contributed by atoms with van der Waals surface area (Å²) < 4.78 is 0. The lowest BCUT2D eigenvalue weighted by Crippen LogP contribution is -2.32. The van der Waals surface area contributed by atoms with Crippen molar-refractivity contribution in [3.8, 4) is 0 Å². The minimum atomic E-state index is -0.00803. The van der Waals surface area contributed by atoms with Crippen LogP contribution < -0.4 is 4.90 Å². The molecule has 1 aromatic carbocycles. The third kappa shape index (κ3) is 1.53. The van der Waals surface area contributed by atoms with Crippen LogP contribution in [0.4, 0.5) is 5.69 Å². The van der Waals surface area contributed by atoms with Crippen LogP contribution in [0.15, 0.2) is 18.2 Å². The Bertz CT molecular complexity index is 426. The Hall–Kier alpha value is -1.02. The number of anilines is 1. The van der Waals surface area contributed by atoms with Crippen LogP contribution in [0.3, 0.4) is 0 Å². The van der Waals surface area contributed by atoms with E-state index in [2.05, 4.69) is 13.8 Å². The Morgan fingerprint density at radius 1 is 1.47 bits per heavy atom. The number of fused-ring (bicyclic) bond motifs is 1. The summed E-state index contributed by atoms with van der Waals surface area (Å²) in [5, 5.41) is 0.660. The summed E-state index contributed by atoms with van der Waals surface area (Å²) >= 11 is 6.14. The number of hydrogen-bond acceptors (Lipinski definition) is 1. The first-order chi connectivity index (χ1) is 6.93. The first kappa shape index (κ1) is 10.5. The number of para-hydroxylation sites is 1. The van der Waals surface area contributed by atoms with E-state index < -0.39 is 0 Å². The molecule has 80 valence electrons. The molecule has 1 aliphatic rings. The van der Waals surface area contributed by atoms with Gasteiger partial charge < -0.3 is 4.90 Å². The number of rotatable bonds is 0. The van der Waals surface area contributed by atoms with Gasteiger partial charge in [-0.25, -0.2) is 0 Å². The maximum atomic E-state index is 11.5. The summed E-state index contributed by atoms with van der Waals surface area (Å²) in [7, 11) is 0. The highest BCUT2D eigenvalue weighted by atomic mass is 35.5. The van der Waals surface area contributed by atoms with Crippen molar-refractivity contribution in [3.63, 3.8) is 0 Å². The Morgan fingerprint density at radius 2 is 2.13 bits per heavy atom. The Balaban J connectivity index is 2.63. The lowest BCUT2D eigenvalue weighted by molar-refractivity contribution is -0.116. The number of carbonyl (C=O) groups is 1. The van der Waals surface area contributed by atoms with Crippen molar-refractivity contribution in [3.05, 3.63) is 28.8 Å². The number of carbonyl (C=O) groups excluding carboxylic acids is 1. The first-order valence-electron chi connectivity index (χ1n) is 5.00. The predicted octanol–water partition coefficient (Wildman–Crippen LogP) is 2.98. The van der Waals surface area contributed by atoms with Crippen LogP contribution in [0.5, 0.6) is 0 Å². The Labute approximate surface area is 94.8 Å². The van der Waals surface area contributed by atoms with E-state index >= 15 is 0 Å². The maximum absolute atomic E-state index is 11.5. The molecule has 0 atom stereocenters. The first-order valence-corrected chi connectivity index (χ1v) is 5.38. The SMILES string of the molecule is CC(=O)N1CC(C)(C)c2cccc(Cl)c21. The van der Waals surface area contributed by atoms with E-state index in [0.717, 1.165) is 11.3 Å². The number of halogens is 1. The van der Waals surface area contributed by atoms with Gasteiger partial charge in [-0.2, -0.15) is 0 Å². The number of benzene rings is 1. The zero-order valence-electron chi connectivity index (χ0n) is 9.17. The monoisotopic (exact) mass is 223 g/mol. The zero-order chi connectivity index (χ0) is 11.2. The fourth-order valence-corrected chi connectivity index (χ4v) is 2.44. The topological polar surface area (TPSA) is 20.3 Å². The van der Waals surface area contributed by atoms with Gasteiger partial charge in [0.05, 0.1) is 10.7 Å². The van der Waals surface area contributed by atoms with Crippen LogP contribution in [-0.4, -0.2) is 12.5 Å². The molecule has 0 bridgehead atoms. The second-order valence-corrected chi connectivity index (χ2v) is 5.03. The third-order valence-corrected chi connectivity index (χ3v) is 3.22. The average molecular weight is 224 g/mol. The van der Waals surface area contributed by atoms with Crippen molar-refractivity contribution in [1.82, 2.24) is 0 Å². The molecule has 0 spiro atoms. The molecule has 15 heavy (non-hydrogen) atoms. The van der Waals surface area contributed by atoms with E-state index in [1.807, 2.05) is 18.2 Å². The van der Waals surface area contributed by atoms with Crippen LogP contribution in [0, 0.1) is 0 Å². The van der Waals surface area contributed by atoms with Crippen LogP contribution in [0.25, 0.3) is 0 Å². The molecule has 1 amide bonds. The largest absolute Gasteiger partial charge is 0.310 e. The second kappa shape index (κ2) is 3.24. The van der Waals surface area contributed by atoms with Gasteiger partial charge >= 0.3 is 0 Å². The van der Waals surface area contributed by atoms with Crippen molar-refractivity contribution in [2.45, 2.75) is 26.2 Å². The van der Waals surface area contributed by atoms with Crippen molar-refractivity contribution < 1.29 is 4.79 Å². The fraction of sp³-hybridized carbons (Fsp3) is 0.417. The highest BCUT2D eigenvalue weighted by Crippen LogP contribution is 2.44. The molecule has 0 saturated carbocycles. The number of hydrogen-bond donors (Lipinski definition) is 0. The highest BCUT2D eigenvalue weighted by molar-refractivity contribution is 6.34. The van der Waals surface area contributed by atoms with Gasteiger partial charge in [0.25, 0.3) is 0 Å². The van der Waals surface area contributed by atoms with Crippen LogP contribution in [0.2, 0.25) is 5.02 Å². The predicted molar refractivity (Wildman–Crippen MR) is 62.5 cm³/mol. The smallest absolute Gasteiger partial charge is 0.223 e. The molecule has 3 heteroatoms.